The molecule has 1 atom stereocenters. The van der Waals surface area contributed by atoms with Gasteiger partial charge in [0.2, 0.25) is 0 Å². The molecule has 0 radical (unpaired) electrons. The fourth-order valence-electron chi connectivity index (χ4n) is 1.90. The number of nitrogen functional groups attached to an aromatic ring is 1. The summed E-state index contributed by atoms with van der Waals surface area (Å²) in [5.41, 5.74) is 8.32. The van der Waals surface area contributed by atoms with Gasteiger partial charge in [0.25, 0.3) is 5.91 Å². The number of benzene rings is 1. The van der Waals surface area contributed by atoms with Crippen LogP contribution >= 0.6 is 0 Å². The number of aromatic nitrogens is 2. The Labute approximate surface area is 112 Å². The van der Waals surface area contributed by atoms with E-state index in [9.17, 15) is 4.79 Å². The average molecular weight is 258 g/mol. The molecule has 2 aromatic rings. The quantitative estimate of drug-likeness (QED) is 0.885. The molecule has 1 aromatic heterocycles. The monoisotopic (exact) mass is 258 g/mol. The Kier molecular flexibility index (Phi) is 3.55. The summed E-state index contributed by atoms with van der Waals surface area (Å²) in [4.78, 5) is 14.0. The van der Waals surface area contributed by atoms with E-state index in [0.717, 1.165) is 5.56 Å². The summed E-state index contributed by atoms with van der Waals surface area (Å²) in [7, 11) is 1.75. The maximum absolute atomic E-state index is 12.4. The number of carbonyl (C=O) groups excluding carboxylic acids is 1. The summed E-state index contributed by atoms with van der Waals surface area (Å²) in [6.07, 6.45) is 0. The van der Waals surface area contributed by atoms with Gasteiger partial charge >= 0.3 is 0 Å². The van der Waals surface area contributed by atoms with Crippen LogP contribution in [0.5, 0.6) is 0 Å². The summed E-state index contributed by atoms with van der Waals surface area (Å²) < 4.78 is 0. The van der Waals surface area contributed by atoms with Gasteiger partial charge in [-0.15, -0.1) is 0 Å². The Morgan fingerprint density at radius 2 is 2.00 bits per heavy atom. The summed E-state index contributed by atoms with van der Waals surface area (Å²) in [6, 6.07) is 9.81. The molecule has 0 aliphatic rings. The van der Waals surface area contributed by atoms with Crippen LogP contribution in [-0.4, -0.2) is 28.1 Å². The number of aryl methyl sites for hydroxylation is 1. The standard InChI is InChI=1S/C14H18N4O/c1-9-12(15)13(17-16-9)14(19)18(3)10(2)11-7-5-4-6-8-11/h4-8,10H,15H2,1-3H3,(H,16,17). The molecule has 1 heterocycles. The Morgan fingerprint density at radius 3 is 2.53 bits per heavy atom. The van der Waals surface area contributed by atoms with E-state index < -0.39 is 0 Å². The van der Waals surface area contributed by atoms with Crippen LogP contribution < -0.4 is 5.73 Å². The van der Waals surface area contributed by atoms with Gasteiger partial charge in [0.05, 0.1) is 17.4 Å². The highest BCUT2D eigenvalue weighted by Gasteiger charge is 2.23. The number of aromatic amines is 1. The molecule has 0 saturated carbocycles. The van der Waals surface area contributed by atoms with Crippen molar-refractivity contribution in [1.82, 2.24) is 15.1 Å². The van der Waals surface area contributed by atoms with Gasteiger partial charge in [-0.3, -0.25) is 9.89 Å². The Hall–Kier alpha value is -2.30. The lowest BCUT2D eigenvalue weighted by Crippen LogP contribution is -2.30. The smallest absolute Gasteiger partial charge is 0.276 e. The number of nitrogens with one attached hydrogen (secondary N) is 1. The minimum atomic E-state index is -0.182. The summed E-state index contributed by atoms with van der Waals surface area (Å²) in [6.45, 7) is 3.77. The van der Waals surface area contributed by atoms with Crippen molar-refractivity contribution in [3.63, 3.8) is 0 Å². The maximum atomic E-state index is 12.4. The number of amides is 1. The molecular weight excluding hydrogens is 240 g/mol. The first kappa shape index (κ1) is 13.1. The van der Waals surface area contributed by atoms with Crippen LogP contribution in [0.4, 0.5) is 5.69 Å². The number of anilines is 1. The highest BCUT2D eigenvalue weighted by atomic mass is 16.2. The molecule has 3 N–H and O–H groups in total. The van der Waals surface area contributed by atoms with Gasteiger partial charge < -0.3 is 10.6 Å². The Morgan fingerprint density at radius 1 is 1.37 bits per heavy atom. The van der Waals surface area contributed by atoms with Crippen LogP contribution in [0.1, 0.15) is 34.7 Å². The second-order valence-corrected chi connectivity index (χ2v) is 4.61. The summed E-state index contributed by atoms with van der Waals surface area (Å²) >= 11 is 0. The molecule has 0 bridgehead atoms. The van der Waals surface area contributed by atoms with Crippen molar-refractivity contribution in [3.05, 3.63) is 47.3 Å². The Balaban J connectivity index is 2.22. The van der Waals surface area contributed by atoms with Crippen LogP contribution in [0.15, 0.2) is 30.3 Å². The minimum Gasteiger partial charge on any atom is -0.395 e. The Bertz CT molecular complexity index is 576. The van der Waals surface area contributed by atoms with E-state index in [2.05, 4.69) is 10.2 Å². The van der Waals surface area contributed by atoms with Crippen molar-refractivity contribution in [3.8, 4) is 0 Å². The van der Waals surface area contributed by atoms with Gasteiger partial charge in [-0.1, -0.05) is 30.3 Å². The number of H-pyrrole nitrogens is 1. The molecule has 0 aliphatic heterocycles. The molecule has 2 rings (SSSR count). The first-order valence-electron chi connectivity index (χ1n) is 6.15. The average Bonchev–Trinajstić information content (AvgIpc) is 2.77. The molecule has 0 spiro atoms. The van der Waals surface area contributed by atoms with Gasteiger partial charge in [0, 0.05) is 7.05 Å². The largest absolute Gasteiger partial charge is 0.395 e. The molecule has 5 heteroatoms. The van der Waals surface area contributed by atoms with E-state index in [1.165, 1.54) is 0 Å². The van der Waals surface area contributed by atoms with Crippen LogP contribution in [0.2, 0.25) is 0 Å². The lowest BCUT2D eigenvalue weighted by molar-refractivity contribution is 0.0737. The van der Waals surface area contributed by atoms with Crippen molar-refractivity contribution in [2.45, 2.75) is 19.9 Å². The van der Waals surface area contributed by atoms with Gasteiger partial charge in [-0.2, -0.15) is 5.10 Å². The molecule has 100 valence electrons. The first-order valence-corrected chi connectivity index (χ1v) is 6.15. The second kappa shape index (κ2) is 5.14. The first-order chi connectivity index (χ1) is 9.02. The van der Waals surface area contributed by atoms with Gasteiger partial charge in [-0.05, 0) is 19.4 Å². The molecule has 1 amide bonds. The van der Waals surface area contributed by atoms with Crippen LogP contribution in [0, 0.1) is 6.92 Å². The lowest BCUT2D eigenvalue weighted by Gasteiger charge is -2.24. The van der Waals surface area contributed by atoms with Crippen LogP contribution in [-0.2, 0) is 0 Å². The zero-order valence-electron chi connectivity index (χ0n) is 11.3. The van der Waals surface area contributed by atoms with Crippen molar-refractivity contribution in [2.24, 2.45) is 0 Å². The highest BCUT2D eigenvalue weighted by molar-refractivity contribution is 5.97. The fraction of sp³-hybridized carbons (Fsp3) is 0.286. The zero-order valence-corrected chi connectivity index (χ0v) is 11.3. The molecule has 19 heavy (non-hydrogen) atoms. The molecule has 0 aliphatic carbocycles. The van der Waals surface area contributed by atoms with Gasteiger partial charge in [0.1, 0.15) is 0 Å². The van der Waals surface area contributed by atoms with Crippen molar-refractivity contribution in [1.29, 1.82) is 0 Å². The number of nitrogens with zero attached hydrogens (tertiary/aromatic N) is 2. The van der Waals surface area contributed by atoms with Gasteiger partial charge in [-0.25, -0.2) is 0 Å². The number of nitrogens with two attached hydrogens (primary N) is 1. The predicted molar refractivity (Wildman–Crippen MR) is 74.7 cm³/mol. The molecule has 0 saturated heterocycles. The predicted octanol–water partition coefficient (Wildman–Crippen LogP) is 2.13. The normalized spacial score (nSPS) is 12.2. The zero-order chi connectivity index (χ0) is 14.0. The van der Waals surface area contributed by atoms with E-state index >= 15 is 0 Å². The second-order valence-electron chi connectivity index (χ2n) is 4.61. The molecule has 1 unspecified atom stereocenters. The summed E-state index contributed by atoms with van der Waals surface area (Å²) in [5.74, 6) is -0.182. The molecule has 0 fully saturated rings. The van der Waals surface area contributed by atoms with Crippen molar-refractivity contribution < 1.29 is 4.79 Å². The van der Waals surface area contributed by atoms with Crippen LogP contribution in [0.25, 0.3) is 0 Å². The minimum absolute atomic E-state index is 0.0369. The van der Waals surface area contributed by atoms with Crippen molar-refractivity contribution >= 4 is 11.6 Å². The highest BCUT2D eigenvalue weighted by Crippen LogP contribution is 2.22. The van der Waals surface area contributed by atoms with Crippen LogP contribution in [0.3, 0.4) is 0 Å². The molecule has 1 aromatic carbocycles. The number of hydrogen-bond donors (Lipinski definition) is 2. The van der Waals surface area contributed by atoms with E-state index in [-0.39, 0.29) is 17.6 Å². The third kappa shape index (κ3) is 2.45. The maximum Gasteiger partial charge on any atom is 0.276 e. The van der Waals surface area contributed by atoms with E-state index in [0.29, 0.717) is 11.4 Å². The molecule has 5 nitrogen and oxygen atoms in total. The third-order valence-electron chi connectivity index (χ3n) is 3.38. The van der Waals surface area contributed by atoms with E-state index in [1.807, 2.05) is 37.3 Å². The van der Waals surface area contributed by atoms with Gasteiger partial charge in [0.15, 0.2) is 5.69 Å². The lowest BCUT2D eigenvalue weighted by atomic mass is 10.1. The van der Waals surface area contributed by atoms with E-state index in [4.69, 9.17) is 5.73 Å². The topological polar surface area (TPSA) is 75.0 Å². The third-order valence-corrected chi connectivity index (χ3v) is 3.38. The molecular formula is C14H18N4O. The number of carbonyl (C=O) groups is 1. The number of rotatable bonds is 3. The SMILES string of the molecule is Cc1[nH]nc(C(=O)N(C)C(C)c2ccccc2)c1N. The fourth-order valence-corrected chi connectivity index (χ4v) is 1.90. The van der Waals surface area contributed by atoms with Crippen molar-refractivity contribution in [2.75, 3.05) is 12.8 Å². The number of hydrogen-bond acceptors (Lipinski definition) is 3. The van der Waals surface area contributed by atoms with E-state index in [1.54, 1.807) is 18.9 Å². The summed E-state index contributed by atoms with van der Waals surface area (Å²) in [5, 5.41) is 6.70.